The van der Waals surface area contributed by atoms with Crippen molar-refractivity contribution in [3.8, 4) is 0 Å². The van der Waals surface area contributed by atoms with E-state index in [0.717, 1.165) is 5.75 Å². The maximum atomic E-state index is 13.6. The lowest BCUT2D eigenvalue weighted by atomic mass is 9.78. The molecule has 1 heterocycles. The van der Waals surface area contributed by atoms with Crippen LogP contribution in [0.15, 0.2) is 0 Å². The van der Waals surface area contributed by atoms with Crippen LogP contribution in [-0.4, -0.2) is 30.8 Å². The highest BCUT2D eigenvalue weighted by Gasteiger charge is 2.47. The first-order valence-electron chi connectivity index (χ1n) is 4.47. The Morgan fingerprint density at radius 2 is 2.46 bits per heavy atom. The van der Waals surface area contributed by atoms with Crippen LogP contribution in [0.5, 0.6) is 0 Å². The van der Waals surface area contributed by atoms with E-state index in [9.17, 15) is 9.18 Å². The first kappa shape index (κ1) is 10.8. The molecule has 0 aromatic rings. The zero-order valence-corrected chi connectivity index (χ0v) is 8.82. The third-order valence-electron chi connectivity index (χ3n) is 2.78. The average molecular weight is 206 g/mol. The van der Waals surface area contributed by atoms with Gasteiger partial charge in [0.15, 0.2) is 0 Å². The summed E-state index contributed by atoms with van der Waals surface area (Å²) in [5.41, 5.74) is -0.861. The van der Waals surface area contributed by atoms with Crippen LogP contribution < -0.4 is 0 Å². The van der Waals surface area contributed by atoms with E-state index < -0.39 is 11.6 Å². The predicted molar refractivity (Wildman–Crippen MR) is 51.6 cm³/mol. The zero-order chi connectivity index (χ0) is 9.90. The number of ether oxygens (including phenoxy) is 1. The van der Waals surface area contributed by atoms with Crippen molar-refractivity contribution >= 4 is 17.7 Å². The number of thioether (sulfide) groups is 1. The van der Waals surface area contributed by atoms with Crippen LogP contribution in [0.2, 0.25) is 0 Å². The van der Waals surface area contributed by atoms with Gasteiger partial charge in [0.1, 0.15) is 11.6 Å². The largest absolute Gasteiger partial charge is 0.469 e. The van der Waals surface area contributed by atoms with Gasteiger partial charge in [0, 0.05) is 5.75 Å². The maximum absolute atomic E-state index is 13.6. The molecule has 1 rings (SSSR count). The second-order valence-electron chi connectivity index (χ2n) is 3.29. The van der Waals surface area contributed by atoms with E-state index in [4.69, 9.17) is 0 Å². The average Bonchev–Trinajstić information content (AvgIpc) is 2.18. The van der Waals surface area contributed by atoms with Gasteiger partial charge in [-0.3, -0.25) is 4.79 Å². The molecule has 0 aromatic heterocycles. The van der Waals surface area contributed by atoms with E-state index in [2.05, 4.69) is 4.74 Å². The van der Waals surface area contributed by atoms with Gasteiger partial charge in [0.05, 0.1) is 7.11 Å². The Hall–Kier alpha value is -0.250. The molecule has 13 heavy (non-hydrogen) atoms. The Morgan fingerprint density at radius 3 is 2.92 bits per heavy atom. The molecule has 0 N–H and O–H groups in total. The number of esters is 1. The molecule has 2 unspecified atom stereocenters. The first-order valence-corrected chi connectivity index (χ1v) is 5.63. The summed E-state index contributed by atoms with van der Waals surface area (Å²) in [5.74, 6) is 0.884. The fraction of sp³-hybridized carbons (Fsp3) is 0.889. The lowest BCUT2D eigenvalue weighted by Gasteiger charge is -2.36. The number of rotatable bonds is 2. The number of carbonyl (C=O) groups excluding carboxylic acids is 1. The number of hydrogen-bond donors (Lipinski definition) is 0. The van der Waals surface area contributed by atoms with Gasteiger partial charge in [-0.15, -0.1) is 0 Å². The van der Waals surface area contributed by atoms with Gasteiger partial charge >= 0.3 is 5.97 Å². The second-order valence-corrected chi connectivity index (χ2v) is 4.44. The van der Waals surface area contributed by atoms with Crippen LogP contribution in [0.4, 0.5) is 4.39 Å². The topological polar surface area (TPSA) is 26.3 Å². The second kappa shape index (κ2) is 4.31. The lowest BCUT2D eigenvalue weighted by molar-refractivity contribution is -0.157. The lowest BCUT2D eigenvalue weighted by Crippen LogP contribution is -2.44. The molecule has 4 heteroatoms. The van der Waals surface area contributed by atoms with Crippen LogP contribution in [0.1, 0.15) is 19.8 Å². The number of methoxy groups -OCH3 is 1. The molecule has 0 aliphatic carbocycles. The van der Waals surface area contributed by atoms with Crippen LogP contribution in [0, 0.1) is 5.41 Å². The van der Waals surface area contributed by atoms with E-state index in [1.807, 2.05) is 6.92 Å². The molecule has 2 atom stereocenters. The smallest absolute Gasteiger partial charge is 0.314 e. The van der Waals surface area contributed by atoms with Crippen molar-refractivity contribution in [2.45, 2.75) is 25.9 Å². The van der Waals surface area contributed by atoms with E-state index >= 15 is 0 Å². The van der Waals surface area contributed by atoms with Crippen LogP contribution in [-0.2, 0) is 9.53 Å². The molecule has 1 aliphatic heterocycles. The van der Waals surface area contributed by atoms with Crippen molar-refractivity contribution in [1.29, 1.82) is 0 Å². The van der Waals surface area contributed by atoms with Crippen LogP contribution in [0.3, 0.4) is 0 Å². The minimum absolute atomic E-state index is 0.386. The van der Waals surface area contributed by atoms with Crippen molar-refractivity contribution in [1.82, 2.24) is 0 Å². The molecule has 1 fully saturated rings. The minimum Gasteiger partial charge on any atom is -0.469 e. The third-order valence-corrected chi connectivity index (χ3v) is 3.80. The molecular weight excluding hydrogens is 191 g/mol. The Kier molecular flexibility index (Phi) is 3.59. The first-order chi connectivity index (χ1) is 6.17. The molecule has 2 nitrogen and oxygen atoms in total. The maximum Gasteiger partial charge on any atom is 0.314 e. The molecular formula is C9H15FO2S. The van der Waals surface area contributed by atoms with Crippen molar-refractivity contribution in [2.75, 3.05) is 18.6 Å². The molecule has 1 aliphatic rings. The predicted octanol–water partition coefficient (Wildman–Crippen LogP) is 2.03. The van der Waals surface area contributed by atoms with Gasteiger partial charge < -0.3 is 4.74 Å². The molecule has 0 saturated carbocycles. The number of hydrogen-bond acceptors (Lipinski definition) is 3. The highest BCUT2D eigenvalue weighted by molar-refractivity contribution is 7.99. The SMILES string of the molecule is CCC1(C(=O)OC)CCSCC1F. The van der Waals surface area contributed by atoms with E-state index in [1.54, 1.807) is 11.8 Å². The van der Waals surface area contributed by atoms with Crippen molar-refractivity contribution in [2.24, 2.45) is 5.41 Å². The summed E-state index contributed by atoms with van der Waals surface area (Å²) in [4.78, 5) is 11.5. The normalized spacial score (nSPS) is 34.2. The van der Waals surface area contributed by atoms with Crippen molar-refractivity contribution < 1.29 is 13.9 Å². The van der Waals surface area contributed by atoms with Gasteiger partial charge in [-0.25, -0.2) is 4.39 Å². The molecule has 0 spiro atoms. The molecule has 1 saturated heterocycles. The highest BCUT2D eigenvalue weighted by atomic mass is 32.2. The fourth-order valence-electron chi connectivity index (χ4n) is 1.73. The van der Waals surface area contributed by atoms with Crippen molar-refractivity contribution in [3.05, 3.63) is 0 Å². The summed E-state index contributed by atoms with van der Waals surface area (Å²) in [5, 5.41) is 0. The Labute approximate surface area is 82.2 Å². The van der Waals surface area contributed by atoms with Crippen LogP contribution >= 0.6 is 11.8 Å². The van der Waals surface area contributed by atoms with E-state index in [0.29, 0.717) is 18.6 Å². The van der Waals surface area contributed by atoms with E-state index in [1.165, 1.54) is 7.11 Å². The van der Waals surface area contributed by atoms with Gasteiger partial charge in [-0.1, -0.05) is 6.92 Å². The summed E-state index contributed by atoms with van der Waals surface area (Å²) < 4.78 is 18.3. The molecule has 0 aromatic carbocycles. The number of carbonyl (C=O) groups is 1. The summed E-state index contributed by atoms with van der Waals surface area (Å²) in [6, 6.07) is 0. The zero-order valence-electron chi connectivity index (χ0n) is 8.01. The number of alkyl halides is 1. The quantitative estimate of drug-likeness (QED) is 0.647. The van der Waals surface area contributed by atoms with Crippen molar-refractivity contribution in [3.63, 3.8) is 0 Å². The Balaban J connectivity index is 2.82. The van der Waals surface area contributed by atoms with Gasteiger partial charge in [0.2, 0.25) is 0 Å². The van der Waals surface area contributed by atoms with E-state index in [-0.39, 0.29) is 5.97 Å². The number of halogens is 1. The van der Waals surface area contributed by atoms with Gasteiger partial charge in [-0.05, 0) is 18.6 Å². The third kappa shape index (κ3) is 1.82. The Bertz CT molecular complexity index is 198. The molecule has 0 radical (unpaired) electrons. The Morgan fingerprint density at radius 1 is 1.77 bits per heavy atom. The van der Waals surface area contributed by atoms with Crippen LogP contribution in [0.25, 0.3) is 0 Å². The summed E-state index contributed by atoms with van der Waals surface area (Å²) >= 11 is 1.57. The standard InChI is InChI=1S/C9H15FO2S/c1-3-9(8(11)12-2)4-5-13-6-7(9)10/h7H,3-6H2,1-2H3. The minimum atomic E-state index is -1.05. The highest BCUT2D eigenvalue weighted by Crippen LogP contribution is 2.40. The monoisotopic (exact) mass is 206 g/mol. The molecule has 0 bridgehead atoms. The summed E-state index contributed by atoms with van der Waals surface area (Å²) in [6.07, 6.45) is 0.0762. The molecule has 0 amide bonds. The molecule has 76 valence electrons. The fourth-order valence-corrected chi connectivity index (χ4v) is 2.93. The summed E-state index contributed by atoms with van der Waals surface area (Å²) in [6.45, 7) is 1.85. The van der Waals surface area contributed by atoms with Gasteiger partial charge in [0.25, 0.3) is 0 Å². The summed E-state index contributed by atoms with van der Waals surface area (Å²) in [7, 11) is 1.33. The van der Waals surface area contributed by atoms with Gasteiger partial charge in [-0.2, -0.15) is 11.8 Å².